The highest BCUT2D eigenvalue weighted by Crippen LogP contribution is 2.13. The van der Waals surface area contributed by atoms with Crippen molar-refractivity contribution in [3.63, 3.8) is 0 Å². The fourth-order valence-electron chi connectivity index (χ4n) is 3.31. The van der Waals surface area contributed by atoms with Crippen LogP contribution in [0.2, 0.25) is 0 Å². The summed E-state index contributed by atoms with van der Waals surface area (Å²) in [6.45, 7) is 1.39. The van der Waals surface area contributed by atoms with Gasteiger partial charge in [0.25, 0.3) is 0 Å². The Morgan fingerprint density at radius 2 is 1.22 bits per heavy atom. The number of allylic oxidation sites excluding steroid dienone is 2. The standard InChI is InChI=1S/C24H46O8/c1-2-3-4-5-6-7-8-9-10-11-12-13-14-15-16-17-20(27)32-24(31)23(30)22(29)21(28)19(26)18-25/h9-10,19,21-26,28-31H,2-8,11-18H2,1H3/b10-9+/t19-,21-,22+,23-,24?/m1/s1. The fraction of sp³-hybridized carbons (Fsp3) is 0.875. The monoisotopic (exact) mass is 462 g/mol. The Bertz CT molecular complexity index is 471. The van der Waals surface area contributed by atoms with Gasteiger partial charge in [-0.1, -0.05) is 70.4 Å². The van der Waals surface area contributed by atoms with Crippen molar-refractivity contribution in [3.8, 4) is 0 Å². The number of hydrogen-bond donors (Lipinski definition) is 6. The molecule has 0 fully saturated rings. The van der Waals surface area contributed by atoms with E-state index in [9.17, 15) is 30.3 Å². The van der Waals surface area contributed by atoms with Gasteiger partial charge in [-0.3, -0.25) is 4.79 Å². The third-order valence-electron chi connectivity index (χ3n) is 5.47. The number of ether oxygens (including phenoxy) is 1. The summed E-state index contributed by atoms with van der Waals surface area (Å²) in [7, 11) is 0. The minimum Gasteiger partial charge on any atom is -0.433 e. The quantitative estimate of drug-likeness (QED) is 0.0659. The number of hydrogen-bond acceptors (Lipinski definition) is 8. The van der Waals surface area contributed by atoms with Gasteiger partial charge in [-0.25, -0.2) is 0 Å². The molecule has 0 heterocycles. The first-order chi connectivity index (χ1) is 15.3. The van der Waals surface area contributed by atoms with E-state index < -0.39 is 43.3 Å². The van der Waals surface area contributed by atoms with Crippen LogP contribution in [0.4, 0.5) is 0 Å². The van der Waals surface area contributed by atoms with E-state index in [1.54, 1.807) is 0 Å². The summed E-state index contributed by atoms with van der Waals surface area (Å²) in [5.41, 5.74) is 0. The van der Waals surface area contributed by atoms with Gasteiger partial charge in [0.15, 0.2) is 0 Å². The topological polar surface area (TPSA) is 148 Å². The normalized spacial score (nSPS) is 16.6. The second kappa shape index (κ2) is 20.6. The third kappa shape index (κ3) is 15.7. The highest BCUT2D eigenvalue weighted by atomic mass is 16.6. The molecule has 0 spiro atoms. The number of rotatable bonds is 21. The lowest BCUT2D eigenvalue weighted by Crippen LogP contribution is -2.50. The average molecular weight is 463 g/mol. The van der Waals surface area contributed by atoms with Gasteiger partial charge in [0.2, 0.25) is 6.29 Å². The van der Waals surface area contributed by atoms with Crippen LogP contribution in [0.5, 0.6) is 0 Å². The number of aliphatic hydroxyl groups is 6. The minimum atomic E-state index is -2.04. The summed E-state index contributed by atoms with van der Waals surface area (Å²) in [6.07, 6.45) is 9.72. The van der Waals surface area contributed by atoms with E-state index in [0.29, 0.717) is 6.42 Å². The maximum Gasteiger partial charge on any atom is 0.308 e. The van der Waals surface area contributed by atoms with E-state index in [0.717, 1.165) is 38.5 Å². The summed E-state index contributed by atoms with van der Waals surface area (Å²) in [4.78, 5) is 11.7. The lowest BCUT2D eigenvalue weighted by atomic mass is 10.0. The van der Waals surface area contributed by atoms with Crippen LogP contribution in [0.1, 0.15) is 96.8 Å². The van der Waals surface area contributed by atoms with E-state index in [4.69, 9.17) is 5.11 Å². The van der Waals surface area contributed by atoms with Crippen LogP contribution in [0, 0.1) is 0 Å². The van der Waals surface area contributed by atoms with Crippen molar-refractivity contribution in [2.45, 2.75) is 128 Å². The van der Waals surface area contributed by atoms with Gasteiger partial charge in [-0.2, -0.15) is 0 Å². The van der Waals surface area contributed by atoms with Crippen LogP contribution in [0.3, 0.4) is 0 Å². The van der Waals surface area contributed by atoms with Crippen molar-refractivity contribution in [2.75, 3.05) is 6.61 Å². The van der Waals surface area contributed by atoms with Crippen LogP contribution in [0.25, 0.3) is 0 Å². The molecule has 190 valence electrons. The third-order valence-corrected chi connectivity index (χ3v) is 5.47. The zero-order valence-corrected chi connectivity index (χ0v) is 19.6. The van der Waals surface area contributed by atoms with E-state index >= 15 is 0 Å². The number of unbranched alkanes of at least 4 members (excludes halogenated alkanes) is 11. The first-order valence-corrected chi connectivity index (χ1v) is 12.2. The lowest BCUT2D eigenvalue weighted by Gasteiger charge is -2.28. The molecule has 0 amide bonds. The van der Waals surface area contributed by atoms with Crippen molar-refractivity contribution >= 4 is 5.97 Å². The van der Waals surface area contributed by atoms with Gasteiger partial charge in [-0.05, 0) is 32.1 Å². The molecule has 0 bridgehead atoms. The maximum atomic E-state index is 11.7. The Balaban J connectivity index is 3.70. The van der Waals surface area contributed by atoms with Gasteiger partial charge >= 0.3 is 5.97 Å². The first kappa shape index (κ1) is 31.0. The largest absolute Gasteiger partial charge is 0.433 e. The van der Waals surface area contributed by atoms with Gasteiger partial charge < -0.3 is 35.4 Å². The molecule has 0 aromatic rings. The number of carbonyl (C=O) groups is 1. The predicted molar refractivity (Wildman–Crippen MR) is 123 cm³/mol. The highest BCUT2D eigenvalue weighted by Gasteiger charge is 2.35. The molecule has 32 heavy (non-hydrogen) atoms. The Morgan fingerprint density at radius 3 is 1.75 bits per heavy atom. The Kier molecular flexibility index (Phi) is 19.9. The Labute approximate surface area is 192 Å². The molecule has 0 aromatic heterocycles. The lowest BCUT2D eigenvalue weighted by molar-refractivity contribution is -0.213. The van der Waals surface area contributed by atoms with E-state index in [2.05, 4.69) is 23.8 Å². The summed E-state index contributed by atoms with van der Waals surface area (Å²) >= 11 is 0. The van der Waals surface area contributed by atoms with Gasteiger partial charge in [0.1, 0.15) is 24.4 Å². The first-order valence-electron chi connectivity index (χ1n) is 12.2. The molecule has 6 N–H and O–H groups in total. The molecule has 0 radical (unpaired) electrons. The van der Waals surface area contributed by atoms with Crippen LogP contribution >= 0.6 is 0 Å². The fourth-order valence-corrected chi connectivity index (χ4v) is 3.31. The molecule has 0 aliphatic rings. The number of carbonyl (C=O) groups excluding carboxylic acids is 1. The summed E-state index contributed by atoms with van der Waals surface area (Å²) in [5, 5.41) is 56.5. The minimum absolute atomic E-state index is 0.0693. The molecule has 8 heteroatoms. The highest BCUT2D eigenvalue weighted by molar-refractivity contribution is 5.69. The molecule has 1 unspecified atom stereocenters. The molecular weight excluding hydrogens is 416 g/mol. The van der Waals surface area contributed by atoms with Gasteiger partial charge in [0, 0.05) is 6.42 Å². The zero-order chi connectivity index (χ0) is 24.2. The van der Waals surface area contributed by atoms with Crippen molar-refractivity contribution in [2.24, 2.45) is 0 Å². The number of aliphatic hydroxyl groups excluding tert-OH is 6. The maximum absolute atomic E-state index is 11.7. The molecule has 0 aliphatic heterocycles. The summed E-state index contributed by atoms with van der Waals surface area (Å²) in [6, 6.07) is 0. The average Bonchev–Trinajstić information content (AvgIpc) is 2.79. The van der Waals surface area contributed by atoms with E-state index in [1.807, 2.05) is 0 Å². The molecular formula is C24H46O8. The van der Waals surface area contributed by atoms with E-state index in [1.165, 1.54) is 38.5 Å². The number of esters is 1. The molecule has 0 rings (SSSR count). The van der Waals surface area contributed by atoms with Crippen LogP contribution in [0.15, 0.2) is 12.2 Å². The second-order valence-corrected chi connectivity index (χ2v) is 8.44. The molecule has 0 aliphatic carbocycles. The van der Waals surface area contributed by atoms with Gasteiger partial charge in [0.05, 0.1) is 6.61 Å². The zero-order valence-electron chi connectivity index (χ0n) is 19.6. The Morgan fingerprint density at radius 1 is 0.719 bits per heavy atom. The molecule has 0 saturated heterocycles. The predicted octanol–water partition coefficient (Wildman–Crippen LogP) is 2.32. The summed E-state index contributed by atoms with van der Waals surface area (Å²) in [5.74, 6) is -0.724. The van der Waals surface area contributed by atoms with Crippen molar-refractivity contribution in [1.29, 1.82) is 0 Å². The SMILES string of the molecule is CCCCCCCC/C=C/CCCCCCCC(=O)OC(O)[C@H](O)[C@@H](O)[C@H](O)[C@H](O)CO. The molecule has 8 nitrogen and oxygen atoms in total. The van der Waals surface area contributed by atoms with E-state index in [-0.39, 0.29) is 6.42 Å². The van der Waals surface area contributed by atoms with Crippen LogP contribution in [-0.2, 0) is 9.53 Å². The van der Waals surface area contributed by atoms with Crippen LogP contribution in [-0.4, -0.2) is 73.9 Å². The second-order valence-electron chi connectivity index (χ2n) is 8.44. The smallest absolute Gasteiger partial charge is 0.308 e. The Hall–Kier alpha value is -1.03. The molecule has 0 aromatic carbocycles. The molecule has 0 saturated carbocycles. The van der Waals surface area contributed by atoms with Crippen molar-refractivity contribution < 1.29 is 40.2 Å². The summed E-state index contributed by atoms with van der Waals surface area (Å²) < 4.78 is 4.66. The molecule has 5 atom stereocenters. The van der Waals surface area contributed by atoms with Crippen molar-refractivity contribution in [1.82, 2.24) is 0 Å². The van der Waals surface area contributed by atoms with Gasteiger partial charge in [-0.15, -0.1) is 0 Å². The van der Waals surface area contributed by atoms with Crippen molar-refractivity contribution in [3.05, 3.63) is 12.2 Å². The van der Waals surface area contributed by atoms with Crippen LogP contribution < -0.4 is 0 Å².